The quantitative estimate of drug-likeness (QED) is 0.643. The number of H-pyrrole nitrogens is 2. The number of benzene rings is 1. The van der Waals surface area contributed by atoms with Crippen LogP contribution in [0.15, 0.2) is 22.4 Å². The molecule has 4 rings (SSSR count). The van der Waals surface area contributed by atoms with E-state index in [0.29, 0.717) is 18.4 Å². The van der Waals surface area contributed by atoms with Crippen molar-refractivity contribution in [1.82, 2.24) is 15.0 Å². The van der Waals surface area contributed by atoms with Crippen molar-refractivity contribution in [3.63, 3.8) is 0 Å². The Hall–Kier alpha value is -2.61. The number of nitrogens with zero attached hydrogens (tertiary/aromatic N) is 2. The third-order valence-electron chi connectivity index (χ3n) is 4.78. The second kappa shape index (κ2) is 6.95. The molecule has 0 atom stereocenters. The van der Waals surface area contributed by atoms with Crippen LogP contribution in [0.2, 0.25) is 0 Å². The lowest BCUT2D eigenvalue weighted by molar-refractivity contribution is -0.116. The number of aryl methyl sites for hydroxylation is 2. The summed E-state index contributed by atoms with van der Waals surface area (Å²) < 4.78 is 0. The summed E-state index contributed by atoms with van der Waals surface area (Å²) in [6.07, 6.45) is 3.37. The number of amides is 1. The molecule has 0 bridgehead atoms. The van der Waals surface area contributed by atoms with Crippen LogP contribution in [0, 0.1) is 6.92 Å². The van der Waals surface area contributed by atoms with Gasteiger partial charge in [-0.25, -0.2) is 9.78 Å². The predicted octanol–water partition coefficient (Wildman–Crippen LogP) is 2.79. The van der Waals surface area contributed by atoms with E-state index in [2.05, 4.69) is 25.2 Å². The SMILES string of the molecule is Cc1ncsc1CCC(=O)Nc1cc2[nH]c(=O)[nH]c2cc1N1CCCC1. The van der Waals surface area contributed by atoms with Gasteiger partial charge in [-0.05, 0) is 38.3 Å². The zero-order valence-electron chi connectivity index (χ0n) is 14.6. The van der Waals surface area contributed by atoms with Gasteiger partial charge < -0.3 is 20.2 Å². The molecular formula is C18H21N5O2S. The van der Waals surface area contributed by atoms with Crippen LogP contribution in [0.25, 0.3) is 11.0 Å². The van der Waals surface area contributed by atoms with Crippen molar-refractivity contribution in [2.45, 2.75) is 32.6 Å². The van der Waals surface area contributed by atoms with E-state index in [1.165, 1.54) is 0 Å². The number of aromatic nitrogens is 3. The minimum Gasteiger partial charge on any atom is -0.370 e. The largest absolute Gasteiger partial charge is 0.370 e. The van der Waals surface area contributed by atoms with Gasteiger partial charge in [0.2, 0.25) is 5.91 Å². The summed E-state index contributed by atoms with van der Waals surface area (Å²) in [7, 11) is 0. The van der Waals surface area contributed by atoms with Crippen LogP contribution < -0.4 is 15.9 Å². The summed E-state index contributed by atoms with van der Waals surface area (Å²) in [5.74, 6) is -0.0320. The molecule has 0 aliphatic carbocycles. The fourth-order valence-corrected chi connectivity index (χ4v) is 4.18. The molecule has 7 nitrogen and oxygen atoms in total. The Balaban J connectivity index is 1.57. The first-order valence-corrected chi connectivity index (χ1v) is 9.68. The van der Waals surface area contributed by atoms with E-state index in [9.17, 15) is 9.59 Å². The molecule has 1 aliphatic rings. The molecule has 0 unspecified atom stereocenters. The van der Waals surface area contributed by atoms with Crippen molar-refractivity contribution >= 4 is 39.7 Å². The topological polar surface area (TPSA) is 93.9 Å². The number of imidazole rings is 1. The Kier molecular flexibility index (Phi) is 4.50. The van der Waals surface area contributed by atoms with Crippen LogP contribution >= 0.6 is 11.3 Å². The monoisotopic (exact) mass is 371 g/mol. The number of hydrogen-bond donors (Lipinski definition) is 3. The van der Waals surface area contributed by atoms with Gasteiger partial charge in [-0.15, -0.1) is 11.3 Å². The van der Waals surface area contributed by atoms with E-state index in [0.717, 1.165) is 53.4 Å². The molecule has 3 N–H and O–H groups in total. The van der Waals surface area contributed by atoms with E-state index in [-0.39, 0.29) is 11.6 Å². The number of aromatic amines is 2. The van der Waals surface area contributed by atoms with Crippen LogP contribution in [0.5, 0.6) is 0 Å². The van der Waals surface area contributed by atoms with Crippen LogP contribution in [-0.2, 0) is 11.2 Å². The van der Waals surface area contributed by atoms with Gasteiger partial charge in [0.15, 0.2) is 0 Å². The van der Waals surface area contributed by atoms with Crippen molar-refractivity contribution in [2.75, 3.05) is 23.3 Å². The third-order valence-corrected chi connectivity index (χ3v) is 5.77. The Morgan fingerprint density at radius 3 is 2.69 bits per heavy atom. The fourth-order valence-electron chi connectivity index (χ4n) is 3.40. The highest BCUT2D eigenvalue weighted by molar-refractivity contribution is 7.09. The van der Waals surface area contributed by atoms with Crippen LogP contribution in [0.3, 0.4) is 0 Å². The van der Waals surface area contributed by atoms with Crippen LogP contribution in [0.1, 0.15) is 29.8 Å². The molecule has 3 heterocycles. The van der Waals surface area contributed by atoms with Gasteiger partial charge in [0.1, 0.15) is 0 Å². The minimum absolute atomic E-state index is 0.0320. The number of rotatable bonds is 5. The summed E-state index contributed by atoms with van der Waals surface area (Å²) in [6, 6.07) is 3.79. The smallest absolute Gasteiger partial charge is 0.323 e. The lowest BCUT2D eigenvalue weighted by Gasteiger charge is -2.21. The lowest BCUT2D eigenvalue weighted by atomic mass is 10.2. The standard InChI is InChI=1S/C18H21N5O2S/c1-11-16(26-10-19-11)4-5-17(24)20-14-8-12-13(22-18(25)21-12)9-15(14)23-6-2-3-7-23/h8-10H,2-7H2,1H3,(H,20,24)(H2,21,22,25). The van der Waals surface area contributed by atoms with Crippen LogP contribution in [-0.4, -0.2) is 33.9 Å². The average Bonchev–Trinajstić information content (AvgIpc) is 3.32. The first kappa shape index (κ1) is 16.8. The number of nitrogens with one attached hydrogen (secondary N) is 3. The van der Waals surface area contributed by atoms with Gasteiger partial charge in [-0.3, -0.25) is 4.79 Å². The van der Waals surface area contributed by atoms with Gasteiger partial charge in [-0.1, -0.05) is 0 Å². The van der Waals surface area contributed by atoms with E-state index in [1.54, 1.807) is 11.3 Å². The molecule has 1 aliphatic heterocycles. The summed E-state index contributed by atoms with van der Waals surface area (Å²) in [6.45, 7) is 3.89. The normalized spacial score (nSPS) is 14.3. The van der Waals surface area contributed by atoms with E-state index in [4.69, 9.17) is 0 Å². The first-order valence-electron chi connectivity index (χ1n) is 8.80. The molecule has 0 radical (unpaired) electrons. The molecule has 0 spiro atoms. The van der Waals surface area contributed by atoms with Gasteiger partial charge in [0.05, 0.1) is 33.6 Å². The van der Waals surface area contributed by atoms with Crippen molar-refractivity contribution in [2.24, 2.45) is 0 Å². The average molecular weight is 371 g/mol. The zero-order valence-corrected chi connectivity index (χ0v) is 15.4. The third kappa shape index (κ3) is 3.37. The maximum Gasteiger partial charge on any atom is 0.323 e. The number of fused-ring (bicyclic) bond motifs is 1. The first-order chi connectivity index (χ1) is 12.6. The van der Waals surface area contributed by atoms with Gasteiger partial charge >= 0.3 is 5.69 Å². The Morgan fingerprint density at radius 1 is 1.27 bits per heavy atom. The Labute approximate surface area is 154 Å². The van der Waals surface area contributed by atoms with E-state index in [1.807, 2.05) is 24.6 Å². The van der Waals surface area contributed by atoms with E-state index < -0.39 is 0 Å². The lowest BCUT2D eigenvalue weighted by Crippen LogP contribution is -2.21. The van der Waals surface area contributed by atoms with Crippen molar-refractivity contribution in [1.29, 1.82) is 0 Å². The number of anilines is 2. The molecule has 26 heavy (non-hydrogen) atoms. The molecule has 1 aromatic carbocycles. The summed E-state index contributed by atoms with van der Waals surface area (Å²) >= 11 is 1.58. The van der Waals surface area contributed by atoms with Crippen LogP contribution in [0.4, 0.5) is 11.4 Å². The Morgan fingerprint density at radius 2 is 2.00 bits per heavy atom. The Bertz CT molecular complexity index is 997. The second-order valence-corrected chi connectivity index (χ2v) is 7.54. The highest BCUT2D eigenvalue weighted by atomic mass is 32.1. The number of carbonyl (C=O) groups excluding carboxylic acids is 1. The molecule has 1 fully saturated rings. The number of hydrogen-bond acceptors (Lipinski definition) is 5. The number of thiazole rings is 1. The molecule has 1 amide bonds. The highest BCUT2D eigenvalue weighted by Crippen LogP contribution is 2.32. The molecule has 0 saturated carbocycles. The highest BCUT2D eigenvalue weighted by Gasteiger charge is 2.19. The van der Waals surface area contributed by atoms with E-state index >= 15 is 0 Å². The molecular weight excluding hydrogens is 350 g/mol. The fraction of sp³-hybridized carbons (Fsp3) is 0.389. The second-order valence-electron chi connectivity index (χ2n) is 6.60. The van der Waals surface area contributed by atoms with Crippen molar-refractivity contribution in [3.05, 3.63) is 38.7 Å². The van der Waals surface area contributed by atoms with Crippen molar-refractivity contribution < 1.29 is 4.79 Å². The summed E-state index contributed by atoms with van der Waals surface area (Å²) in [5.41, 5.74) is 5.74. The molecule has 2 aromatic heterocycles. The maximum absolute atomic E-state index is 12.5. The van der Waals surface area contributed by atoms with Gasteiger partial charge in [0.25, 0.3) is 0 Å². The molecule has 3 aromatic rings. The van der Waals surface area contributed by atoms with Gasteiger partial charge in [-0.2, -0.15) is 0 Å². The zero-order chi connectivity index (χ0) is 18.1. The molecule has 8 heteroatoms. The maximum atomic E-state index is 12.5. The summed E-state index contributed by atoms with van der Waals surface area (Å²) in [4.78, 5) is 37.3. The van der Waals surface area contributed by atoms with Gasteiger partial charge in [0, 0.05) is 24.4 Å². The number of carbonyl (C=O) groups is 1. The minimum atomic E-state index is -0.239. The molecule has 136 valence electrons. The van der Waals surface area contributed by atoms with Crippen molar-refractivity contribution in [3.8, 4) is 0 Å². The predicted molar refractivity (Wildman–Crippen MR) is 104 cm³/mol. The molecule has 1 saturated heterocycles. The summed E-state index contributed by atoms with van der Waals surface area (Å²) in [5, 5.41) is 3.04.